The average molecular weight is 325 g/mol. The van der Waals surface area contributed by atoms with Gasteiger partial charge in [-0.1, -0.05) is 18.2 Å². The lowest BCUT2D eigenvalue weighted by Gasteiger charge is -2.27. The van der Waals surface area contributed by atoms with Crippen LogP contribution in [0.3, 0.4) is 0 Å². The molecule has 2 N–H and O–H groups in total. The number of fused-ring (bicyclic) bond motifs is 3. The van der Waals surface area contributed by atoms with Crippen molar-refractivity contribution in [3.8, 4) is 0 Å². The van der Waals surface area contributed by atoms with Crippen LogP contribution in [0.5, 0.6) is 0 Å². The lowest BCUT2D eigenvalue weighted by molar-refractivity contribution is 0.211. The highest BCUT2D eigenvalue weighted by Gasteiger charge is 2.33. The lowest BCUT2D eigenvalue weighted by atomic mass is 10.1. The zero-order valence-corrected chi connectivity index (χ0v) is 14.2. The normalized spacial score (nSPS) is 19.7. The maximum absolute atomic E-state index is 12.7. The van der Waals surface area contributed by atoms with Crippen LogP contribution in [0.25, 0.3) is 0 Å². The molecular formula is C18H23N5O. The molecule has 0 saturated carbocycles. The number of carbonyl (C=O) groups is 1. The predicted octanol–water partition coefficient (Wildman–Crippen LogP) is 2.70. The molecule has 126 valence electrons. The Morgan fingerprint density at radius 2 is 2.12 bits per heavy atom. The van der Waals surface area contributed by atoms with Gasteiger partial charge in [-0.15, -0.1) is 0 Å². The van der Waals surface area contributed by atoms with Crippen molar-refractivity contribution in [2.24, 2.45) is 0 Å². The molecule has 6 nitrogen and oxygen atoms in total. The van der Waals surface area contributed by atoms with E-state index in [2.05, 4.69) is 44.7 Å². The van der Waals surface area contributed by atoms with Crippen molar-refractivity contribution >= 4 is 17.4 Å². The Bertz CT molecular complexity index is 749. The summed E-state index contributed by atoms with van der Waals surface area (Å²) in [6.07, 6.45) is 2.01. The molecule has 1 atom stereocenters. The van der Waals surface area contributed by atoms with Crippen LogP contribution in [0.1, 0.15) is 23.4 Å². The molecule has 3 heterocycles. The molecule has 0 radical (unpaired) electrons. The third-order valence-corrected chi connectivity index (χ3v) is 5.10. The summed E-state index contributed by atoms with van der Waals surface area (Å²) in [7, 11) is 0. The molecule has 2 amide bonds. The molecule has 1 saturated heterocycles. The monoisotopic (exact) mass is 325 g/mol. The van der Waals surface area contributed by atoms with E-state index in [0.717, 1.165) is 49.6 Å². The molecule has 1 fully saturated rings. The van der Waals surface area contributed by atoms with E-state index in [-0.39, 0.29) is 6.03 Å². The number of rotatable bonds is 1. The van der Waals surface area contributed by atoms with Crippen LogP contribution < -0.4 is 10.2 Å². The Kier molecular flexibility index (Phi) is 3.67. The summed E-state index contributed by atoms with van der Waals surface area (Å²) in [4.78, 5) is 17.2. The molecule has 1 aromatic heterocycles. The number of aryl methyl sites for hydroxylation is 2. The molecule has 2 aromatic rings. The summed E-state index contributed by atoms with van der Waals surface area (Å²) in [5.74, 6) is 0. The first kappa shape index (κ1) is 15.1. The van der Waals surface area contributed by atoms with E-state index in [1.54, 1.807) is 0 Å². The highest BCUT2D eigenvalue weighted by atomic mass is 16.2. The van der Waals surface area contributed by atoms with E-state index in [1.165, 1.54) is 11.3 Å². The highest BCUT2D eigenvalue weighted by molar-refractivity contribution is 5.90. The number of nitrogens with zero attached hydrogens (tertiary/aromatic N) is 3. The highest BCUT2D eigenvalue weighted by Crippen LogP contribution is 2.33. The zero-order chi connectivity index (χ0) is 16.7. The van der Waals surface area contributed by atoms with Crippen molar-refractivity contribution in [2.45, 2.75) is 32.7 Å². The molecule has 0 aliphatic carbocycles. The second kappa shape index (κ2) is 5.85. The molecule has 4 rings (SSSR count). The van der Waals surface area contributed by atoms with Crippen molar-refractivity contribution in [3.05, 3.63) is 41.2 Å². The minimum absolute atomic E-state index is 0.0274. The maximum atomic E-state index is 12.7. The van der Waals surface area contributed by atoms with Crippen molar-refractivity contribution < 1.29 is 4.79 Å². The maximum Gasteiger partial charge on any atom is 0.322 e. The van der Waals surface area contributed by atoms with E-state index in [9.17, 15) is 4.79 Å². The number of para-hydroxylation sites is 1. The topological polar surface area (TPSA) is 64.3 Å². The number of nitrogens with one attached hydrogen (secondary N) is 2. The van der Waals surface area contributed by atoms with Crippen LogP contribution in [0, 0.1) is 13.8 Å². The molecule has 2 aliphatic rings. The van der Waals surface area contributed by atoms with E-state index in [0.29, 0.717) is 6.04 Å². The van der Waals surface area contributed by atoms with Gasteiger partial charge in [-0.25, -0.2) is 4.79 Å². The Hall–Kier alpha value is -2.50. The number of hydrogen-bond acceptors (Lipinski definition) is 3. The molecule has 1 unspecified atom stereocenters. The van der Waals surface area contributed by atoms with E-state index >= 15 is 0 Å². The molecule has 1 aromatic carbocycles. The van der Waals surface area contributed by atoms with Crippen molar-refractivity contribution in [2.75, 3.05) is 29.9 Å². The number of anilines is 2. The fraction of sp³-hybridized carbons (Fsp3) is 0.444. The van der Waals surface area contributed by atoms with Gasteiger partial charge >= 0.3 is 6.03 Å². The third-order valence-electron chi connectivity index (χ3n) is 5.10. The summed E-state index contributed by atoms with van der Waals surface area (Å²) in [5, 5.41) is 10.1. The number of aromatic nitrogens is 2. The zero-order valence-electron chi connectivity index (χ0n) is 14.2. The van der Waals surface area contributed by atoms with Crippen LogP contribution in [0.15, 0.2) is 24.3 Å². The molecule has 24 heavy (non-hydrogen) atoms. The fourth-order valence-electron chi connectivity index (χ4n) is 3.87. The Morgan fingerprint density at radius 3 is 2.92 bits per heavy atom. The van der Waals surface area contributed by atoms with Crippen LogP contribution in [-0.4, -0.2) is 46.8 Å². The predicted molar refractivity (Wildman–Crippen MR) is 94.6 cm³/mol. The van der Waals surface area contributed by atoms with Gasteiger partial charge in [-0.2, -0.15) is 5.10 Å². The number of hydrogen-bond donors (Lipinski definition) is 2. The van der Waals surface area contributed by atoms with Gasteiger partial charge in [0.1, 0.15) is 0 Å². The van der Waals surface area contributed by atoms with Crippen LogP contribution in [0.4, 0.5) is 16.2 Å². The second-order valence-electron chi connectivity index (χ2n) is 6.72. The number of aromatic amines is 1. The van der Waals surface area contributed by atoms with Gasteiger partial charge < -0.3 is 15.1 Å². The van der Waals surface area contributed by atoms with E-state index in [4.69, 9.17) is 0 Å². The van der Waals surface area contributed by atoms with Crippen LogP contribution in [0.2, 0.25) is 0 Å². The van der Waals surface area contributed by atoms with Crippen molar-refractivity contribution in [1.29, 1.82) is 0 Å². The molecule has 0 bridgehead atoms. The Labute approximate surface area is 141 Å². The summed E-state index contributed by atoms with van der Waals surface area (Å²) < 4.78 is 0. The quantitative estimate of drug-likeness (QED) is 0.847. The summed E-state index contributed by atoms with van der Waals surface area (Å²) >= 11 is 0. The number of urea groups is 1. The first-order chi connectivity index (χ1) is 11.6. The smallest absolute Gasteiger partial charge is 0.322 e. The van der Waals surface area contributed by atoms with E-state index in [1.807, 2.05) is 18.7 Å². The van der Waals surface area contributed by atoms with Gasteiger partial charge in [0.15, 0.2) is 0 Å². The van der Waals surface area contributed by atoms with Gasteiger partial charge in [0.25, 0.3) is 0 Å². The van der Waals surface area contributed by atoms with Crippen LogP contribution in [-0.2, 0) is 6.42 Å². The molecule has 2 aliphatic heterocycles. The third kappa shape index (κ3) is 2.52. The first-order valence-corrected chi connectivity index (χ1v) is 8.55. The molecular weight excluding hydrogens is 302 g/mol. The molecule has 0 spiro atoms. The second-order valence-corrected chi connectivity index (χ2v) is 6.72. The van der Waals surface area contributed by atoms with Gasteiger partial charge in [-0.3, -0.25) is 5.10 Å². The van der Waals surface area contributed by atoms with E-state index < -0.39 is 0 Å². The van der Waals surface area contributed by atoms with Gasteiger partial charge in [0.2, 0.25) is 0 Å². The van der Waals surface area contributed by atoms with Gasteiger partial charge in [-0.05, 0) is 38.3 Å². The fourth-order valence-corrected chi connectivity index (χ4v) is 3.87. The number of carbonyl (C=O) groups excluding carboxylic acids is 1. The van der Waals surface area contributed by atoms with Crippen molar-refractivity contribution in [3.63, 3.8) is 0 Å². The largest absolute Gasteiger partial charge is 0.366 e. The van der Waals surface area contributed by atoms with Gasteiger partial charge in [0.05, 0.1) is 23.1 Å². The SMILES string of the molecule is Cc1n[nH]c(C)c1NC(=O)N1CCCN2c3ccccc3CC2C1. The summed E-state index contributed by atoms with van der Waals surface area (Å²) in [6, 6.07) is 8.94. The Morgan fingerprint density at radius 1 is 1.29 bits per heavy atom. The lowest BCUT2D eigenvalue weighted by Crippen LogP contribution is -2.43. The number of amides is 2. The van der Waals surface area contributed by atoms with Crippen LogP contribution >= 0.6 is 0 Å². The first-order valence-electron chi connectivity index (χ1n) is 8.55. The Balaban J connectivity index is 1.49. The minimum Gasteiger partial charge on any atom is -0.366 e. The molecule has 6 heteroatoms. The van der Waals surface area contributed by atoms with Crippen molar-refractivity contribution in [1.82, 2.24) is 15.1 Å². The average Bonchev–Trinajstić information content (AvgIpc) is 2.99. The number of benzene rings is 1. The summed E-state index contributed by atoms with van der Waals surface area (Å²) in [6.45, 7) is 6.38. The van der Waals surface area contributed by atoms with Gasteiger partial charge in [0, 0.05) is 25.3 Å². The standard InChI is InChI=1S/C18H23N5O/c1-12-17(13(2)21-20-12)19-18(24)22-8-5-9-23-15(11-22)10-14-6-3-4-7-16(14)23/h3-4,6-7,15H,5,8-11H2,1-2H3,(H,19,24)(H,20,21). The summed E-state index contributed by atoms with van der Waals surface area (Å²) in [5.41, 5.74) is 5.25. The minimum atomic E-state index is -0.0274. The number of H-pyrrole nitrogens is 1.